The van der Waals surface area contributed by atoms with E-state index in [0.29, 0.717) is 6.42 Å². The predicted octanol–water partition coefficient (Wildman–Crippen LogP) is 2.01. The fourth-order valence-corrected chi connectivity index (χ4v) is 1.99. The SMILES string of the molecule is CC1=C(C)CC(O)(CCCO)CC1. The first-order valence-corrected chi connectivity index (χ1v) is 5.06. The van der Waals surface area contributed by atoms with E-state index in [2.05, 4.69) is 13.8 Å². The maximum absolute atomic E-state index is 10.1. The van der Waals surface area contributed by atoms with Gasteiger partial charge in [-0.1, -0.05) is 11.1 Å². The van der Waals surface area contributed by atoms with Crippen molar-refractivity contribution in [2.45, 2.75) is 51.6 Å². The minimum Gasteiger partial charge on any atom is -0.396 e. The summed E-state index contributed by atoms with van der Waals surface area (Å²) >= 11 is 0. The third-order valence-corrected chi connectivity index (χ3v) is 3.09. The number of hydrogen-bond donors (Lipinski definition) is 2. The summed E-state index contributed by atoms with van der Waals surface area (Å²) in [6.07, 6.45) is 4.10. The summed E-state index contributed by atoms with van der Waals surface area (Å²) in [6, 6.07) is 0. The van der Waals surface area contributed by atoms with Gasteiger partial charge < -0.3 is 10.2 Å². The van der Waals surface area contributed by atoms with Crippen molar-refractivity contribution in [2.75, 3.05) is 6.61 Å². The minimum atomic E-state index is -0.535. The zero-order valence-corrected chi connectivity index (χ0v) is 8.64. The van der Waals surface area contributed by atoms with Crippen LogP contribution in [0.2, 0.25) is 0 Å². The molecule has 0 spiro atoms. The molecule has 0 saturated heterocycles. The van der Waals surface area contributed by atoms with Crippen LogP contribution in [0.15, 0.2) is 11.1 Å². The first kappa shape index (κ1) is 10.7. The quantitative estimate of drug-likeness (QED) is 0.659. The van der Waals surface area contributed by atoms with Gasteiger partial charge in [-0.15, -0.1) is 0 Å². The molecule has 0 aliphatic heterocycles. The number of aliphatic hydroxyl groups excluding tert-OH is 1. The van der Waals surface area contributed by atoms with Crippen LogP contribution in [0, 0.1) is 0 Å². The molecule has 1 aliphatic rings. The lowest BCUT2D eigenvalue weighted by Crippen LogP contribution is -2.32. The smallest absolute Gasteiger partial charge is 0.0688 e. The van der Waals surface area contributed by atoms with Crippen molar-refractivity contribution >= 4 is 0 Å². The highest BCUT2D eigenvalue weighted by Crippen LogP contribution is 2.35. The Morgan fingerprint density at radius 2 is 2.00 bits per heavy atom. The van der Waals surface area contributed by atoms with E-state index in [9.17, 15) is 5.11 Å². The van der Waals surface area contributed by atoms with E-state index in [1.54, 1.807) is 0 Å². The lowest BCUT2D eigenvalue weighted by Gasteiger charge is -2.33. The molecule has 76 valence electrons. The fraction of sp³-hybridized carbons (Fsp3) is 0.818. The molecule has 0 bridgehead atoms. The Morgan fingerprint density at radius 3 is 2.54 bits per heavy atom. The molecule has 0 aromatic rings. The lowest BCUT2D eigenvalue weighted by molar-refractivity contribution is 0.0123. The number of rotatable bonds is 3. The Kier molecular flexibility index (Phi) is 3.51. The molecule has 2 N–H and O–H groups in total. The van der Waals surface area contributed by atoms with Crippen LogP contribution in [0.4, 0.5) is 0 Å². The fourth-order valence-electron chi connectivity index (χ4n) is 1.99. The van der Waals surface area contributed by atoms with E-state index in [-0.39, 0.29) is 6.61 Å². The lowest BCUT2D eigenvalue weighted by atomic mass is 9.79. The van der Waals surface area contributed by atoms with Crippen LogP contribution in [0.25, 0.3) is 0 Å². The van der Waals surface area contributed by atoms with Crippen molar-refractivity contribution in [3.05, 3.63) is 11.1 Å². The van der Waals surface area contributed by atoms with Crippen molar-refractivity contribution in [2.24, 2.45) is 0 Å². The molecule has 0 aromatic heterocycles. The van der Waals surface area contributed by atoms with Crippen LogP contribution >= 0.6 is 0 Å². The van der Waals surface area contributed by atoms with E-state index in [1.165, 1.54) is 11.1 Å². The zero-order valence-electron chi connectivity index (χ0n) is 8.64. The van der Waals surface area contributed by atoms with Gasteiger partial charge in [0.25, 0.3) is 0 Å². The Bertz CT molecular complexity index is 208. The van der Waals surface area contributed by atoms with E-state index in [4.69, 9.17) is 5.11 Å². The molecular formula is C11H20O2. The van der Waals surface area contributed by atoms with Crippen LogP contribution < -0.4 is 0 Å². The van der Waals surface area contributed by atoms with Crippen molar-refractivity contribution in [1.82, 2.24) is 0 Å². The van der Waals surface area contributed by atoms with Gasteiger partial charge in [-0.3, -0.25) is 0 Å². The van der Waals surface area contributed by atoms with Gasteiger partial charge in [0.1, 0.15) is 0 Å². The van der Waals surface area contributed by atoms with Gasteiger partial charge in [0.2, 0.25) is 0 Å². The van der Waals surface area contributed by atoms with Crippen LogP contribution in [0.5, 0.6) is 0 Å². The molecule has 0 heterocycles. The molecule has 2 nitrogen and oxygen atoms in total. The first-order valence-electron chi connectivity index (χ1n) is 5.06. The second-order valence-corrected chi connectivity index (χ2v) is 4.29. The molecule has 0 fully saturated rings. The van der Waals surface area contributed by atoms with Gasteiger partial charge in [-0.2, -0.15) is 0 Å². The average molecular weight is 184 g/mol. The summed E-state index contributed by atoms with van der Waals surface area (Å²) in [7, 11) is 0. The number of allylic oxidation sites excluding steroid dienone is 1. The van der Waals surface area contributed by atoms with E-state index < -0.39 is 5.60 Å². The number of aliphatic hydroxyl groups is 2. The second kappa shape index (κ2) is 4.25. The second-order valence-electron chi connectivity index (χ2n) is 4.29. The molecular weight excluding hydrogens is 164 g/mol. The third-order valence-electron chi connectivity index (χ3n) is 3.09. The molecule has 1 aliphatic carbocycles. The van der Waals surface area contributed by atoms with Crippen LogP contribution in [0.1, 0.15) is 46.0 Å². The Labute approximate surface area is 80.3 Å². The van der Waals surface area contributed by atoms with Crippen LogP contribution in [-0.4, -0.2) is 22.4 Å². The van der Waals surface area contributed by atoms with Crippen LogP contribution in [-0.2, 0) is 0 Å². The van der Waals surface area contributed by atoms with Crippen molar-refractivity contribution in [3.8, 4) is 0 Å². The van der Waals surface area contributed by atoms with Gasteiger partial charge in [0.15, 0.2) is 0 Å². The van der Waals surface area contributed by atoms with E-state index >= 15 is 0 Å². The monoisotopic (exact) mass is 184 g/mol. The molecule has 13 heavy (non-hydrogen) atoms. The van der Waals surface area contributed by atoms with Gasteiger partial charge >= 0.3 is 0 Å². The molecule has 2 heteroatoms. The molecule has 1 unspecified atom stereocenters. The summed E-state index contributed by atoms with van der Waals surface area (Å²) in [4.78, 5) is 0. The minimum absolute atomic E-state index is 0.185. The normalized spacial score (nSPS) is 29.5. The van der Waals surface area contributed by atoms with Crippen molar-refractivity contribution in [3.63, 3.8) is 0 Å². The highest BCUT2D eigenvalue weighted by atomic mass is 16.3. The summed E-state index contributed by atoms with van der Waals surface area (Å²) in [6.45, 7) is 4.42. The van der Waals surface area contributed by atoms with Crippen LogP contribution in [0.3, 0.4) is 0 Å². The molecule has 1 rings (SSSR count). The van der Waals surface area contributed by atoms with Gasteiger partial charge in [-0.05, 0) is 46.0 Å². The maximum atomic E-state index is 10.1. The highest BCUT2D eigenvalue weighted by molar-refractivity contribution is 5.17. The van der Waals surface area contributed by atoms with Crippen molar-refractivity contribution in [1.29, 1.82) is 0 Å². The molecule has 0 radical (unpaired) electrons. The predicted molar refractivity (Wildman–Crippen MR) is 53.5 cm³/mol. The zero-order chi connectivity index (χ0) is 9.90. The van der Waals surface area contributed by atoms with Gasteiger partial charge in [0.05, 0.1) is 5.60 Å². The van der Waals surface area contributed by atoms with Gasteiger partial charge in [-0.25, -0.2) is 0 Å². The van der Waals surface area contributed by atoms with Gasteiger partial charge in [0, 0.05) is 6.61 Å². The summed E-state index contributed by atoms with van der Waals surface area (Å²) in [5.41, 5.74) is 2.21. The summed E-state index contributed by atoms with van der Waals surface area (Å²) < 4.78 is 0. The Balaban J connectivity index is 2.54. The first-order chi connectivity index (χ1) is 6.07. The van der Waals surface area contributed by atoms with E-state index in [1.807, 2.05) is 0 Å². The largest absolute Gasteiger partial charge is 0.396 e. The topological polar surface area (TPSA) is 40.5 Å². The molecule has 0 saturated carbocycles. The highest BCUT2D eigenvalue weighted by Gasteiger charge is 2.30. The summed E-state index contributed by atoms with van der Waals surface area (Å²) in [5, 5.41) is 18.9. The summed E-state index contributed by atoms with van der Waals surface area (Å²) in [5.74, 6) is 0. The standard InChI is InChI=1S/C11H20O2/c1-9-4-6-11(13,5-3-7-12)8-10(9)2/h12-13H,3-8H2,1-2H3. The number of hydrogen-bond acceptors (Lipinski definition) is 2. The average Bonchev–Trinajstić information content (AvgIpc) is 2.09. The molecule has 0 amide bonds. The van der Waals surface area contributed by atoms with Crippen molar-refractivity contribution < 1.29 is 10.2 Å². The molecule has 0 aromatic carbocycles. The molecule has 1 atom stereocenters. The Morgan fingerprint density at radius 1 is 1.31 bits per heavy atom. The Hall–Kier alpha value is -0.340. The van der Waals surface area contributed by atoms with E-state index in [0.717, 1.165) is 25.7 Å². The third kappa shape index (κ3) is 2.82. The maximum Gasteiger partial charge on any atom is 0.0688 e.